The van der Waals surface area contributed by atoms with Gasteiger partial charge in [0.25, 0.3) is 5.69 Å². The van der Waals surface area contributed by atoms with Crippen LogP contribution in [-0.2, 0) is 0 Å². The zero-order chi connectivity index (χ0) is 13.0. The van der Waals surface area contributed by atoms with Gasteiger partial charge in [0.05, 0.1) is 17.7 Å². The van der Waals surface area contributed by atoms with Gasteiger partial charge in [-0.15, -0.1) is 0 Å². The number of benzene rings is 1. The maximum atomic E-state index is 10.7. The van der Waals surface area contributed by atoms with Gasteiger partial charge < -0.3 is 10.1 Å². The number of rotatable bonds is 5. The van der Waals surface area contributed by atoms with Gasteiger partial charge in [-0.1, -0.05) is 0 Å². The van der Waals surface area contributed by atoms with Crippen LogP contribution in [0.25, 0.3) is 0 Å². The lowest BCUT2D eigenvalue weighted by Crippen LogP contribution is -2.14. The van der Waals surface area contributed by atoms with Crippen molar-refractivity contribution in [3.63, 3.8) is 0 Å². The standard InChI is InChI=1S/C12H16N2O3S/c1-17-12-3-2-10(14(15)16)6-11(12)13-7-9-4-5-18-8-9/h2-3,6,9,13H,4-5,7-8H2,1H3. The molecular weight excluding hydrogens is 252 g/mol. The van der Waals surface area contributed by atoms with Crippen molar-refractivity contribution >= 4 is 23.1 Å². The number of ether oxygens (including phenoxy) is 1. The third kappa shape index (κ3) is 3.07. The molecular formula is C12H16N2O3S. The molecule has 0 aliphatic carbocycles. The number of methoxy groups -OCH3 is 1. The first-order valence-corrected chi connectivity index (χ1v) is 7.00. The normalized spacial score (nSPS) is 18.6. The Morgan fingerprint density at radius 1 is 1.61 bits per heavy atom. The predicted octanol–water partition coefficient (Wildman–Crippen LogP) is 2.77. The number of nitro benzene ring substituents is 1. The third-order valence-electron chi connectivity index (χ3n) is 3.00. The van der Waals surface area contributed by atoms with E-state index in [0.717, 1.165) is 12.3 Å². The Hall–Kier alpha value is -1.43. The van der Waals surface area contributed by atoms with Gasteiger partial charge in [-0.3, -0.25) is 10.1 Å². The van der Waals surface area contributed by atoms with Gasteiger partial charge in [0.2, 0.25) is 0 Å². The number of nitro groups is 1. The predicted molar refractivity (Wildman–Crippen MR) is 73.6 cm³/mol. The molecule has 1 unspecified atom stereocenters. The summed E-state index contributed by atoms with van der Waals surface area (Å²) in [5.74, 6) is 3.65. The molecule has 1 aromatic carbocycles. The van der Waals surface area contributed by atoms with Crippen molar-refractivity contribution in [3.05, 3.63) is 28.3 Å². The van der Waals surface area contributed by atoms with E-state index in [9.17, 15) is 10.1 Å². The van der Waals surface area contributed by atoms with E-state index in [4.69, 9.17) is 4.74 Å². The minimum atomic E-state index is -0.393. The average molecular weight is 268 g/mol. The number of non-ortho nitro benzene ring substituents is 1. The van der Waals surface area contributed by atoms with Crippen LogP contribution in [0.5, 0.6) is 5.75 Å². The lowest BCUT2D eigenvalue weighted by atomic mass is 10.1. The SMILES string of the molecule is COc1ccc([N+](=O)[O-])cc1NCC1CCSC1. The molecule has 98 valence electrons. The van der Waals surface area contributed by atoms with Crippen LogP contribution in [0.1, 0.15) is 6.42 Å². The molecule has 18 heavy (non-hydrogen) atoms. The third-order valence-corrected chi connectivity index (χ3v) is 4.23. The summed E-state index contributed by atoms with van der Waals surface area (Å²) in [7, 11) is 1.57. The largest absolute Gasteiger partial charge is 0.495 e. The molecule has 1 atom stereocenters. The maximum absolute atomic E-state index is 10.7. The fraction of sp³-hybridized carbons (Fsp3) is 0.500. The molecule has 0 spiro atoms. The summed E-state index contributed by atoms with van der Waals surface area (Å²) >= 11 is 1.96. The van der Waals surface area contributed by atoms with Crippen molar-refractivity contribution in [3.8, 4) is 5.75 Å². The summed E-state index contributed by atoms with van der Waals surface area (Å²) in [6.45, 7) is 0.838. The highest BCUT2D eigenvalue weighted by Gasteiger charge is 2.17. The Balaban J connectivity index is 2.08. The number of hydrogen-bond acceptors (Lipinski definition) is 5. The number of nitrogens with zero attached hydrogens (tertiary/aromatic N) is 1. The molecule has 0 bridgehead atoms. The van der Waals surface area contributed by atoms with Crippen molar-refractivity contribution in [2.24, 2.45) is 5.92 Å². The highest BCUT2D eigenvalue weighted by Crippen LogP contribution is 2.30. The Kier molecular flexibility index (Phi) is 4.30. The molecule has 1 aliphatic rings. The molecule has 1 N–H and O–H groups in total. The molecule has 6 heteroatoms. The zero-order valence-electron chi connectivity index (χ0n) is 10.2. The molecule has 0 amide bonds. The molecule has 0 aromatic heterocycles. The van der Waals surface area contributed by atoms with Gasteiger partial charge in [-0.05, 0) is 29.9 Å². The Morgan fingerprint density at radius 3 is 3.06 bits per heavy atom. The molecule has 5 nitrogen and oxygen atoms in total. The molecule has 1 aromatic rings. The Labute approximate surface area is 110 Å². The van der Waals surface area contributed by atoms with Crippen LogP contribution in [0.4, 0.5) is 11.4 Å². The molecule has 2 rings (SSSR count). The minimum absolute atomic E-state index is 0.0825. The minimum Gasteiger partial charge on any atom is -0.495 e. The summed E-state index contributed by atoms with van der Waals surface area (Å²) in [4.78, 5) is 10.4. The van der Waals surface area contributed by atoms with Crippen LogP contribution in [-0.4, -0.2) is 30.1 Å². The van der Waals surface area contributed by atoms with Gasteiger partial charge >= 0.3 is 0 Å². The molecule has 0 saturated carbocycles. The van der Waals surface area contributed by atoms with Gasteiger partial charge in [0.15, 0.2) is 0 Å². The number of thioether (sulfide) groups is 1. The van der Waals surface area contributed by atoms with Crippen molar-refractivity contribution < 1.29 is 9.66 Å². The van der Waals surface area contributed by atoms with Gasteiger partial charge in [-0.2, -0.15) is 11.8 Å². The van der Waals surface area contributed by atoms with Crippen molar-refractivity contribution in [2.75, 3.05) is 30.5 Å². The molecule has 0 radical (unpaired) electrons. The first-order valence-electron chi connectivity index (χ1n) is 5.84. The maximum Gasteiger partial charge on any atom is 0.271 e. The van der Waals surface area contributed by atoms with Crippen LogP contribution in [0.15, 0.2) is 18.2 Å². The summed E-state index contributed by atoms with van der Waals surface area (Å²) < 4.78 is 5.20. The van der Waals surface area contributed by atoms with Gasteiger partial charge in [0.1, 0.15) is 5.75 Å². The van der Waals surface area contributed by atoms with Crippen molar-refractivity contribution in [2.45, 2.75) is 6.42 Å². The molecule has 1 heterocycles. The highest BCUT2D eigenvalue weighted by molar-refractivity contribution is 7.99. The first-order chi connectivity index (χ1) is 8.70. The average Bonchev–Trinajstić information content (AvgIpc) is 2.89. The molecule has 1 aliphatic heterocycles. The lowest BCUT2D eigenvalue weighted by Gasteiger charge is -2.13. The number of hydrogen-bond donors (Lipinski definition) is 1. The van der Waals surface area contributed by atoms with E-state index in [1.54, 1.807) is 13.2 Å². The van der Waals surface area contributed by atoms with Gasteiger partial charge in [0, 0.05) is 18.7 Å². The second-order valence-electron chi connectivity index (χ2n) is 4.25. The first kappa shape index (κ1) is 13.0. The van der Waals surface area contributed by atoms with Crippen LogP contribution < -0.4 is 10.1 Å². The van der Waals surface area contributed by atoms with E-state index in [2.05, 4.69) is 5.32 Å². The fourth-order valence-corrected chi connectivity index (χ4v) is 3.23. The van der Waals surface area contributed by atoms with E-state index in [1.165, 1.54) is 24.3 Å². The van der Waals surface area contributed by atoms with E-state index < -0.39 is 4.92 Å². The summed E-state index contributed by atoms with van der Waals surface area (Å²) in [6.07, 6.45) is 1.20. The summed E-state index contributed by atoms with van der Waals surface area (Å²) in [5, 5.41) is 14.0. The highest BCUT2D eigenvalue weighted by atomic mass is 32.2. The number of anilines is 1. The summed E-state index contributed by atoms with van der Waals surface area (Å²) in [6, 6.07) is 4.61. The smallest absolute Gasteiger partial charge is 0.271 e. The zero-order valence-corrected chi connectivity index (χ0v) is 11.0. The Morgan fingerprint density at radius 2 is 2.44 bits per heavy atom. The lowest BCUT2D eigenvalue weighted by molar-refractivity contribution is -0.384. The van der Waals surface area contributed by atoms with Crippen molar-refractivity contribution in [1.82, 2.24) is 0 Å². The summed E-state index contributed by atoms with van der Waals surface area (Å²) in [5.41, 5.74) is 0.780. The quantitative estimate of drug-likeness (QED) is 0.657. The van der Waals surface area contributed by atoms with E-state index in [1.807, 2.05) is 11.8 Å². The molecule has 1 saturated heterocycles. The van der Waals surface area contributed by atoms with Crippen LogP contribution in [0, 0.1) is 16.0 Å². The van der Waals surface area contributed by atoms with Crippen LogP contribution in [0.3, 0.4) is 0 Å². The van der Waals surface area contributed by atoms with E-state index in [0.29, 0.717) is 17.4 Å². The van der Waals surface area contributed by atoms with E-state index in [-0.39, 0.29) is 5.69 Å². The van der Waals surface area contributed by atoms with Crippen LogP contribution >= 0.6 is 11.8 Å². The molecule has 1 fully saturated rings. The van der Waals surface area contributed by atoms with Crippen molar-refractivity contribution in [1.29, 1.82) is 0 Å². The second-order valence-corrected chi connectivity index (χ2v) is 5.40. The van der Waals surface area contributed by atoms with Crippen LogP contribution in [0.2, 0.25) is 0 Å². The fourth-order valence-electron chi connectivity index (χ4n) is 1.95. The second kappa shape index (κ2) is 5.95. The van der Waals surface area contributed by atoms with Gasteiger partial charge in [-0.25, -0.2) is 0 Å². The topological polar surface area (TPSA) is 64.4 Å². The Bertz CT molecular complexity index is 433. The van der Waals surface area contributed by atoms with E-state index >= 15 is 0 Å². The monoisotopic (exact) mass is 268 g/mol. The number of nitrogens with one attached hydrogen (secondary N) is 1.